The molecule has 35 heavy (non-hydrogen) atoms. The van der Waals surface area contributed by atoms with Crippen LogP contribution in [0.3, 0.4) is 0 Å². The summed E-state index contributed by atoms with van der Waals surface area (Å²) in [4.78, 5) is 38.2. The van der Waals surface area contributed by atoms with Gasteiger partial charge in [0.05, 0.1) is 0 Å². The van der Waals surface area contributed by atoms with Crippen LogP contribution in [-0.4, -0.2) is 24.1 Å². The molecule has 0 fully saturated rings. The number of carbonyl (C=O) groups is 3. The number of ether oxygens (including phenoxy) is 2. The van der Waals surface area contributed by atoms with E-state index < -0.39 is 5.92 Å². The summed E-state index contributed by atoms with van der Waals surface area (Å²) in [7, 11) is 0. The maximum Gasteiger partial charge on any atom is 0.262 e. The number of hydrogen-bond donors (Lipinski definition) is 1. The maximum absolute atomic E-state index is 12.9. The molecule has 0 aromatic heterocycles. The number of allylic oxidation sites excluding steroid dienone is 4. The summed E-state index contributed by atoms with van der Waals surface area (Å²) < 4.78 is 11.8. The fourth-order valence-corrected chi connectivity index (χ4v) is 5.11. The van der Waals surface area contributed by atoms with Crippen LogP contribution in [0.4, 0.5) is 5.69 Å². The third-order valence-corrected chi connectivity index (χ3v) is 6.89. The monoisotopic (exact) mass is 471 g/mol. The second kappa shape index (κ2) is 9.53. The van der Waals surface area contributed by atoms with Gasteiger partial charge in [-0.3, -0.25) is 14.4 Å². The highest BCUT2D eigenvalue weighted by molar-refractivity contribution is 6.05. The molecule has 5 rings (SSSR count). The highest BCUT2D eigenvalue weighted by Crippen LogP contribution is 2.47. The predicted octanol–water partition coefficient (Wildman–Crippen LogP) is 5.45. The Morgan fingerprint density at radius 3 is 2.17 bits per heavy atom. The van der Waals surface area contributed by atoms with Crippen LogP contribution in [0, 0.1) is 13.8 Å². The van der Waals surface area contributed by atoms with Crippen molar-refractivity contribution in [3.63, 3.8) is 0 Å². The van der Waals surface area contributed by atoms with Crippen molar-refractivity contribution in [1.29, 1.82) is 0 Å². The fourth-order valence-electron chi connectivity index (χ4n) is 5.11. The molecule has 0 spiro atoms. The normalized spacial score (nSPS) is 18.1. The smallest absolute Gasteiger partial charge is 0.262 e. The number of anilines is 1. The second-order valence-electron chi connectivity index (χ2n) is 9.49. The van der Waals surface area contributed by atoms with E-state index in [9.17, 15) is 14.4 Å². The van der Waals surface area contributed by atoms with E-state index in [0.29, 0.717) is 29.7 Å². The van der Waals surface area contributed by atoms with Gasteiger partial charge >= 0.3 is 0 Å². The molecule has 0 atom stereocenters. The molecule has 3 aliphatic rings. The van der Waals surface area contributed by atoms with Crippen molar-refractivity contribution in [2.75, 3.05) is 11.9 Å². The molecule has 1 N–H and O–H groups in total. The lowest BCUT2D eigenvalue weighted by atomic mass is 9.73. The van der Waals surface area contributed by atoms with E-state index in [1.54, 1.807) is 12.1 Å². The van der Waals surface area contributed by atoms with Crippen LogP contribution in [-0.2, 0) is 19.1 Å². The molecule has 1 heterocycles. The number of nitrogens with one attached hydrogen (secondary N) is 1. The third-order valence-electron chi connectivity index (χ3n) is 6.89. The van der Waals surface area contributed by atoms with Crippen molar-refractivity contribution in [1.82, 2.24) is 0 Å². The summed E-state index contributed by atoms with van der Waals surface area (Å²) in [6, 6.07) is 13.2. The van der Waals surface area contributed by atoms with E-state index in [4.69, 9.17) is 9.47 Å². The van der Waals surface area contributed by atoms with E-state index in [1.165, 1.54) is 0 Å². The number of ketones is 2. The van der Waals surface area contributed by atoms with Crippen LogP contribution in [0.25, 0.3) is 0 Å². The van der Waals surface area contributed by atoms with Crippen molar-refractivity contribution in [2.45, 2.75) is 58.3 Å². The van der Waals surface area contributed by atoms with Gasteiger partial charge in [0, 0.05) is 48.4 Å². The standard InChI is InChI=1S/C29H29NO5/c1-17-9-10-18(2)21(15-17)30-26(33)16-34-20-13-11-19(12-14-20)27-28-22(31)5-3-7-24(28)35-25-8-4-6-23(32)29(25)27/h9-15,27H,3-8,16H2,1-2H3,(H,30,33). The zero-order chi connectivity index (χ0) is 24.5. The number of amides is 1. The van der Waals surface area contributed by atoms with Gasteiger partial charge in [0.25, 0.3) is 5.91 Å². The molecule has 6 heteroatoms. The largest absolute Gasteiger partial charge is 0.484 e. The minimum absolute atomic E-state index is 0.0598. The zero-order valence-electron chi connectivity index (χ0n) is 20.1. The molecular formula is C29H29NO5. The lowest BCUT2D eigenvalue weighted by Crippen LogP contribution is -2.30. The second-order valence-corrected chi connectivity index (χ2v) is 9.49. The predicted molar refractivity (Wildman–Crippen MR) is 132 cm³/mol. The number of aryl methyl sites for hydroxylation is 2. The first-order valence-corrected chi connectivity index (χ1v) is 12.2. The highest BCUT2D eigenvalue weighted by atomic mass is 16.5. The summed E-state index contributed by atoms with van der Waals surface area (Å²) >= 11 is 0. The van der Waals surface area contributed by atoms with E-state index in [2.05, 4.69) is 5.32 Å². The first-order chi connectivity index (χ1) is 16.9. The number of rotatable bonds is 5. The van der Waals surface area contributed by atoms with Crippen LogP contribution in [0.15, 0.2) is 65.1 Å². The molecule has 2 aromatic rings. The van der Waals surface area contributed by atoms with E-state index in [-0.39, 0.29) is 24.1 Å². The van der Waals surface area contributed by atoms with Crippen LogP contribution >= 0.6 is 0 Å². The van der Waals surface area contributed by atoms with Gasteiger partial charge in [0.15, 0.2) is 18.2 Å². The van der Waals surface area contributed by atoms with Crippen LogP contribution in [0.2, 0.25) is 0 Å². The van der Waals surface area contributed by atoms with Crippen molar-refractivity contribution >= 4 is 23.2 Å². The Labute approximate surface area is 205 Å². The number of carbonyl (C=O) groups excluding carboxylic acids is 3. The Hall–Kier alpha value is -3.67. The van der Waals surface area contributed by atoms with Crippen molar-refractivity contribution in [3.05, 3.63) is 81.8 Å². The summed E-state index contributed by atoms with van der Waals surface area (Å²) in [5.74, 6) is 1.49. The van der Waals surface area contributed by atoms with Crippen LogP contribution in [0.1, 0.15) is 61.1 Å². The molecule has 1 aliphatic heterocycles. The first-order valence-electron chi connectivity index (χ1n) is 12.2. The molecule has 1 amide bonds. The van der Waals surface area contributed by atoms with Crippen molar-refractivity contribution < 1.29 is 23.9 Å². The average Bonchev–Trinajstić information content (AvgIpc) is 2.84. The molecule has 0 bridgehead atoms. The molecule has 6 nitrogen and oxygen atoms in total. The third kappa shape index (κ3) is 4.65. The first kappa shape index (κ1) is 23.1. The SMILES string of the molecule is Cc1ccc(C)c(NC(=O)COc2ccc(C3C4=C(CCCC4=O)OC4=C3C(=O)CCC4)cc2)c1. The average molecular weight is 472 g/mol. The van der Waals surface area contributed by atoms with E-state index in [0.717, 1.165) is 59.6 Å². The summed E-state index contributed by atoms with van der Waals surface area (Å²) in [5.41, 5.74) is 4.96. The summed E-state index contributed by atoms with van der Waals surface area (Å²) in [6.07, 6.45) is 3.95. The minimum atomic E-state index is -0.393. The molecule has 0 saturated heterocycles. The van der Waals surface area contributed by atoms with Crippen molar-refractivity contribution in [2.24, 2.45) is 0 Å². The Morgan fingerprint density at radius 2 is 1.54 bits per heavy atom. The lowest BCUT2D eigenvalue weighted by molar-refractivity contribution is -0.119. The maximum atomic E-state index is 12.9. The van der Waals surface area contributed by atoms with E-state index in [1.807, 2.05) is 44.2 Å². The lowest BCUT2D eigenvalue weighted by Gasteiger charge is -2.36. The number of hydrogen-bond acceptors (Lipinski definition) is 5. The number of benzene rings is 2. The van der Waals surface area contributed by atoms with Gasteiger partial charge in [0.1, 0.15) is 17.3 Å². The fraction of sp³-hybridized carbons (Fsp3) is 0.345. The molecule has 2 aliphatic carbocycles. The van der Waals surface area contributed by atoms with Gasteiger partial charge in [-0.15, -0.1) is 0 Å². The number of Topliss-reactive ketones (excluding diaryl/α,β-unsaturated/α-hetero) is 2. The minimum Gasteiger partial charge on any atom is -0.484 e. The van der Waals surface area contributed by atoms with Gasteiger partial charge < -0.3 is 14.8 Å². The van der Waals surface area contributed by atoms with Gasteiger partial charge in [-0.05, 0) is 61.6 Å². The van der Waals surface area contributed by atoms with E-state index >= 15 is 0 Å². The highest BCUT2D eigenvalue weighted by Gasteiger charge is 2.41. The molecule has 2 aromatic carbocycles. The molecular weight excluding hydrogens is 442 g/mol. The quantitative estimate of drug-likeness (QED) is 0.627. The molecule has 0 saturated carbocycles. The van der Waals surface area contributed by atoms with Gasteiger partial charge in [-0.25, -0.2) is 0 Å². The van der Waals surface area contributed by atoms with Crippen molar-refractivity contribution in [3.8, 4) is 5.75 Å². The summed E-state index contributed by atoms with van der Waals surface area (Å²) in [5, 5.41) is 2.89. The van der Waals surface area contributed by atoms with Gasteiger partial charge in [-0.1, -0.05) is 24.3 Å². The van der Waals surface area contributed by atoms with Gasteiger partial charge in [-0.2, -0.15) is 0 Å². The van der Waals surface area contributed by atoms with Gasteiger partial charge in [0.2, 0.25) is 0 Å². The Balaban J connectivity index is 1.33. The molecule has 0 unspecified atom stereocenters. The topological polar surface area (TPSA) is 81.7 Å². The van der Waals surface area contributed by atoms with Crippen LogP contribution in [0.5, 0.6) is 5.75 Å². The zero-order valence-corrected chi connectivity index (χ0v) is 20.1. The Morgan fingerprint density at radius 1 is 0.914 bits per heavy atom. The molecule has 0 radical (unpaired) electrons. The summed E-state index contributed by atoms with van der Waals surface area (Å²) in [6.45, 7) is 3.80. The Kier molecular flexibility index (Phi) is 6.29. The van der Waals surface area contributed by atoms with Crippen LogP contribution < -0.4 is 10.1 Å². The molecule has 180 valence electrons. The Bertz CT molecular complexity index is 1230.